The molecule has 0 heterocycles. The minimum absolute atomic E-state index is 0.105. The lowest BCUT2D eigenvalue weighted by Crippen LogP contribution is -2.22. The first-order valence-corrected chi connectivity index (χ1v) is 9.47. The minimum Gasteiger partial charge on any atom is -0.492 e. The van der Waals surface area contributed by atoms with E-state index in [4.69, 9.17) is 9.47 Å². The predicted molar refractivity (Wildman–Crippen MR) is 113 cm³/mol. The van der Waals surface area contributed by atoms with Crippen LogP contribution in [0.1, 0.15) is 33.2 Å². The summed E-state index contributed by atoms with van der Waals surface area (Å²) in [5, 5.41) is 2.66. The number of esters is 1. The highest BCUT2D eigenvalue weighted by molar-refractivity contribution is 6.14. The standard InChI is InChI=1S/C24H21NO5/c1-2-29-21-15-9-8-14-20(21)25-22(26)16-30-24(28)19-13-7-6-12-18(19)23(27)17-10-4-3-5-11-17/h3-15H,2,16H2,1H3,(H,25,26). The van der Waals surface area contributed by atoms with Crippen molar-refractivity contribution in [2.75, 3.05) is 18.5 Å². The van der Waals surface area contributed by atoms with E-state index in [-0.39, 0.29) is 16.9 Å². The minimum atomic E-state index is -0.747. The fourth-order valence-electron chi connectivity index (χ4n) is 2.85. The molecular weight excluding hydrogens is 382 g/mol. The van der Waals surface area contributed by atoms with Gasteiger partial charge in [0.1, 0.15) is 5.75 Å². The molecule has 0 radical (unpaired) electrons. The largest absolute Gasteiger partial charge is 0.492 e. The van der Waals surface area contributed by atoms with Crippen molar-refractivity contribution in [3.63, 3.8) is 0 Å². The van der Waals surface area contributed by atoms with E-state index in [0.717, 1.165) is 0 Å². The van der Waals surface area contributed by atoms with Gasteiger partial charge in [-0.2, -0.15) is 0 Å². The second-order valence-corrected chi connectivity index (χ2v) is 6.29. The maximum absolute atomic E-state index is 12.7. The van der Waals surface area contributed by atoms with Gasteiger partial charge in [0, 0.05) is 11.1 Å². The maximum atomic E-state index is 12.7. The average molecular weight is 403 g/mol. The molecule has 3 aromatic rings. The lowest BCUT2D eigenvalue weighted by atomic mass is 9.98. The molecule has 30 heavy (non-hydrogen) atoms. The molecule has 0 fully saturated rings. The Morgan fingerprint density at radius 1 is 0.800 bits per heavy atom. The van der Waals surface area contributed by atoms with Gasteiger partial charge in [-0.1, -0.05) is 60.7 Å². The Hall–Kier alpha value is -3.93. The number of hydrogen-bond donors (Lipinski definition) is 1. The molecule has 0 aliphatic carbocycles. The molecule has 0 aromatic heterocycles. The fraction of sp³-hybridized carbons (Fsp3) is 0.125. The van der Waals surface area contributed by atoms with Crippen molar-refractivity contribution < 1.29 is 23.9 Å². The first-order chi connectivity index (χ1) is 14.6. The van der Waals surface area contributed by atoms with Gasteiger partial charge in [0.15, 0.2) is 12.4 Å². The molecule has 0 saturated carbocycles. The number of ether oxygens (including phenoxy) is 2. The summed E-state index contributed by atoms with van der Waals surface area (Å²) >= 11 is 0. The highest BCUT2D eigenvalue weighted by Gasteiger charge is 2.20. The number of amides is 1. The van der Waals surface area contributed by atoms with E-state index in [1.54, 1.807) is 72.8 Å². The zero-order valence-electron chi connectivity index (χ0n) is 16.5. The molecule has 6 heteroatoms. The Bertz CT molecular complexity index is 1050. The van der Waals surface area contributed by atoms with Gasteiger partial charge in [0.2, 0.25) is 0 Å². The van der Waals surface area contributed by atoms with Gasteiger partial charge in [-0.3, -0.25) is 9.59 Å². The van der Waals surface area contributed by atoms with Crippen LogP contribution in [0.2, 0.25) is 0 Å². The van der Waals surface area contributed by atoms with Crippen LogP contribution in [-0.2, 0) is 9.53 Å². The fourth-order valence-corrected chi connectivity index (χ4v) is 2.85. The molecule has 1 N–H and O–H groups in total. The summed E-state index contributed by atoms with van der Waals surface area (Å²) in [4.78, 5) is 37.5. The summed E-state index contributed by atoms with van der Waals surface area (Å²) in [7, 11) is 0. The van der Waals surface area contributed by atoms with E-state index in [1.807, 2.05) is 6.92 Å². The number of carbonyl (C=O) groups excluding carboxylic acids is 3. The molecule has 0 spiro atoms. The maximum Gasteiger partial charge on any atom is 0.339 e. The van der Waals surface area contributed by atoms with Crippen LogP contribution in [0.3, 0.4) is 0 Å². The summed E-state index contributed by atoms with van der Waals surface area (Å²) in [5.41, 5.74) is 1.27. The lowest BCUT2D eigenvalue weighted by Gasteiger charge is -2.12. The van der Waals surface area contributed by atoms with Crippen LogP contribution in [0.25, 0.3) is 0 Å². The number of para-hydroxylation sites is 2. The summed E-state index contributed by atoms with van der Waals surface area (Å²) in [6.07, 6.45) is 0. The van der Waals surface area contributed by atoms with E-state index in [2.05, 4.69) is 5.32 Å². The van der Waals surface area contributed by atoms with Crippen LogP contribution in [0.5, 0.6) is 5.75 Å². The lowest BCUT2D eigenvalue weighted by molar-refractivity contribution is -0.119. The van der Waals surface area contributed by atoms with Gasteiger partial charge in [-0.05, 0) is 25.1 Å². The van der Waals surface area contributed by atoms with Gasteiger partial charge in [-0.25, -0.2) is 4.79 Å². The van der Waals surface area contributed by atoms with Crippen LogP contribution in [0.15, 0.2) is 78.9 Å². The van der Waals surface area contributed by atoms with Crippen molar-refractivity contribution in [3.8, 4) is 5.75 Å². The van der Waals surface area contributed by atoms with Gasteiger partial charge >= 0.3 is 5.97 Å². The molecular formula is C24H21NO5. The van der Waals surface area contributed by atoms with Crippen molar-refractivity contribution >= 4 is 23.3 Å². The Morgan fingerprint density at radius 2 is 1.43 bits per heavy atom. The van der Waals surface area contributed by atoms with Gasteiger partial charge < -0.3 is 14.8 Å². The predicted octanol–water partition coefficient (Wildman–Crippen LogP) is 4.11. The molecule has 1 amide bonds. The number of carbonyl (C=O) groups is 3. The second kappa shape index (κ2) is 10.0. The summed E-state index contributed by atoms with van der Waals surface area (Å²) in [6.45, 7) is 1.80. The molecule has 152 valence electrons. The Balaban J connectivity index is 1.67. The van der Waals surface area contributed by atoms with Crippen molar-refractivity contribution in [3.05, 3.63) is 95.6 Å². The third-order valence-electron chi connectivity index (χ3n) is 4.22. The van der Waals surface area contributed by atoms with E-state index < -0.39 is 18.5 Å². The Kier molecular flexibility index (Phi) is 6.95. The monoisotopic (exact) mass is 403 g/mol. The number of rotatable bonds is 8. The van der Waals surface area contributed by atoms with Crippen LogP contribution >= 0.6 is 0 Å². The molecule has 3 aromatic carbocycles. The zero-order valence-corrected chi connectivity index (χ0v) is 16.5. The first-order valence-electron chi connectivity index (χ1n) is 9.47. The van der Waals surface area contributed by atoms with Gasteiger partial charge in [0.25, 0.3) is 5.91 Å². The number of nitrogens with one attached hydrogen (secondary N) is 1. The highest BCUT2D eigenvalue weighted by atomic mass is 16.5. The highest BCUT2D eigenvalue weighted by Crippen LogP contribution is 2.23. The quantitative estimate of drug-likeness (QED) is 0.452. The molecule has 0 unspecified atom stereocenters. The summed E-state index contributed by atoms with van der Waals surface area (Å²) in [6, 6.07) is 22.0. The van der Waals surface area contributed by atoms with E-state index >= 15 is 0 Å². The van der Waals surface area contributed by atoms with Crippen LogP contribution < -0.4 is 10.1 Å². The average Bonchev–Trinajstić information content (AvgIpc) is 2.79. The Labute approximate surface area is 174 Å². The molecule has 0 saturated heterocycles. The third kappa shape index (κ3) is 5.11. The van der Waals surface area contributed by atoms with Gasteiger partial charge in [0.05, 0.1) is 17.9 Å². The molecule has 3 rings (SSSR count). The van der Waals surface area contributed by atoms with E-state index in [9.17, 15) is 14.4 Å². The molecule has 0 atom stereocenters. The van der Waals surface area contributed by atoms with E-state index in [1.165, 1.54) is 6.07 Å². The van der Waals surface area contributed by atoms with Gasteiger partial charge in [-0.15, -0.1) is 0 Å². The normalized spacial score (nSPS) is 10.2. The summed E-state index contributed by atoms with van der Waals surface area (Å²) < 4.78 is 10.6. The van der Waals surface area contributed by atoms with Crippen molar-refractivity contribution in [2.24, 2.45) is 0 Å². The van der Waals surface area contributed by atoms with Crippen LogP contribution in [0, 0.1) is 0 Å². The smallest absolute Gasteiger partial charge is 0.339 e. The molecule has 0 aliphatic heterocycles. The van der Waals surface area contributed by atoms with Crippen molar-refractivity contribution in [1.29, 1.82) is 0 Å². The second-order valence-electron chi connectivity index (χ2n) is 6.29. The molecule has 6 nitrogen and oxygen atoms in total. The molecule has 0 bridgehead atoms. The van der Waals surface area contributed by atoms with E-state index in [0.29, 0.717) is 23.6 Å². The van der Waals surface area contributed by atoms with Crippen LogP contribution in [-0.4, -0.2) is 30.9 Å². The zero-order chi connectivity index (χ0) is 21.3. The first kappa shape index (κ1) is 20.8. The van der Waals surface area contributed by atoms with Crippen molar-refractivity contribution in [2.45, 2.75) is 6.92 Å². The topological polar surface area (TPSA) is 81.7 Å². The third-order valence-corrected chi connectivity index (χ3v) is 4.22. The van der Waals surface area contributed by atoms with Crippen LogP contribution in [0.4, 0.5) is 5.69 Å². The number of ketones is 1. The summed E-state index contributed by atoms with van der Waals surface area (Å²) in [5.74, 6) is -1.03. The number of anilines is 1. The Morgan fingerprint density at radius 3 is 2.17 bits per heavy atom. The molecule has 0 aliphatic rings. The number of hydrogen-bond acceptors (Lipinski definition) is 5. The number of benzene rings is 3. The van der Waals surface area contributed by atoms with Crippen molar-refractivity contribution in [1.82, 2.24) is 0 Å². The SMILES string of the molecule is CCOc1ccccc1NC(=O)COC(=O)c1ccccc1C(=O)c1ccccc1.